The van der Waals surface area contributed by atoms with Gasteiger partial charge in [0, 0.05) is 21.2 Å². The molecule has 5 heteroatoms. The van der Waals surface area contributed by atoms with Crippen molar-refractivity contribution in [1.29, 1.82) is 0 Å². The van der Waals surface area contributed by atoms with E-state index in [4.69, 9.17) is 16.3 Å². The van der Waals surface area contributed by atoms with E-state index < -0.39 is 0 Å². The van der Waals surface area contributed by atoms with E-state index in [1.54, 1.807) is 40.5 Å². The van der Waals surface area contributed by atoms with Gasteiger partial charge in [0.25, 0.3) is 5.91 Å². The molecule has 1 amide bonds. The third-order valence-electron chi connectivity index (χ3n) is 3.69. The van der Waals surface area contributed by atoms with Gasteiger partial charge in [-0.2, -0.15) is 0 Å². The molecular formula is C20H18ClNO2S. The molecule has 0 spiro atoms. The fourth-order valence-electron chi connectivity index (χ4n) is 2.48. The van der Waals surface area contributed by atoms with Crippen molar-refractivity contribution in [2.45, 2.75) is 13.5 Å². The molecule has 0 fully saturated rings. The second kappa shape index (κ2) is 8.19. The smallest absolute Gasteiger partial charge is 0.258 e. The minimum absolute atomic E-state index is 0.0609. The number of carbonyl (C=O) groups is 1. The zero-order chi connectivity index (χ0) is 17.6. The summed E-state index contributed by atoms with van der Waals surface area (Å²) in [6, 6.07) is 18.6. The molecule has 0 atom stereocenters. The van der Waals surface area contributed by atoms with E-state index in [9.17, 15) is 4.79 Å². The summed E-state index contributed by atoms with van der Waals surface area (Å²) in [4.78, 5) is 15.9. The summed E-state index contributed by atoms with van der Waals surface area (Å²) in [5.74, 6) is 0.732. The first kappa shape index (κ1) is 17.5. The van der Waals surface area contributed by atoms with E-state index >= 15 is 0 Å². The molecule has 0 radical (unpaired) electrons. The second-order valence-corrected chi connectivity index (χ2v) is 6.87. The number of anilines is 1. The molecule has 128 valence electrons. The van der Waals surface area contributed by atoms with Crippen LogP contribution in [0.1, 0.15) is 22.2 Å². The topological polar surface area (TPSA) is 29.5 Å². The first-order valence-electron chi connectivity index (χ1n) is 8.00. The quantitative estimate of drug-likeness (QED) is 0.560. The second-order valence-electron chi connectivity index (χ2n) is 5.40. The molecule has 0 saturated carbocycles. The van der Waals surface area contributed by atoms with Crippen LogP contribution in [0.4, 0.5) is 5.69 Å². The predicted molar refractivity (Wildman–Crippen MR) is 104 cm³/mol. The van der Waals surface area contributed by atoms with Crippen LogP contribution in [-0.4, -0.2) is 12.5 Å². The number of hydrogen-bond acceptors (Lipinski definition) is 3. The molecule has 3 nitrogen and oxygen atoms in total. The summed E-state index contributed by atoms with van der Waals surface area (Å²) in [7, 11) is 0. The van der Waals surface area contributed by atoms with Crippen LogP contribution in [0.25, 0.3) is 0 Å². The first-order valence-corrected chi connectivity index (χ1v) is 9.26. The Labute approximate surface area is 156 Å². The Kier molecular flexibility index (Phi) is 5.74. The first-order chi connectivity index (χ1) is 12.2. The van der Waals surface area contributed by atoms with Crippen molar-refractivity contribution < 1.29 is 9.53 Å². The lowest BCUT2D eigenvalue weighted by Gasteiger charge is -2.23. The van der Waals surface area contributed by atoms with Gasteiger partial charge in [-0.05, 0) is 66.9 Å². The minimum atomic E-state index is -0.0609. The Hall–Kier alpha value is -2.30. The van der Waals surface area contributed by atoms with E-state index in [0.29, 0.717) is 23.7 Å². The molecule has 1 aromatic heterocycles. The van der Waals surface area contributed by atoms with E-state index in [1.807, 2.05) is 48.7 Å². The van der Waals surface area contributed by atoms with Crippen LogP contribution in [0, 0.1) is 0 Å². The number of nitrogens with zero attached hydrogens (tertiary/aromatic N) is 1. The molecule has 1 heterocycles. The van der Waals surface area contributed by atoms with Gasteiger partial charge in [0.05, 0.1) is 13.2 Å². The zero-order valence-electron chi connectivity index (χ0n) is 13.8. The maximum absolute atomic E-state index is 13.0. The molecule has 0 bridgehead atoms. The number of halogens is 1. The summed E-state index contributed by atoms with van der Waals surface area (Å²) in [5.41, 5.74) is 1.44. The lowest BCUT2D eigenvalue weighted by Crippen LogP contribution is -2.30. The summed E-state index contributed by atoms with van der Waals surface area (Å²) >= 11 is 7.57. The van der Waals surface area contributed by atoms with Crippen molar-refractivity contribution in [3.8, 4) is 5.75 Å². The Morgan fingerprint density at radius 2 is 1.80 bits per heavy atom. The number of rotatable bonds is 6. The number of amides is 1. The van der Waals surface area contributed by atoms with Crippen molar-refractivity contribution in [3.63, 3.8) is 0 Å². The van der Waals surface area contributed by atoms with Gasteiger partial charge in [-0.15, -0.1) is 11.3 Å². The molecule has 0 N–H and O–H groups in total. The molecule has 0 aliphatic heterocycles. The van der Waals surface area contributed by atoms with E-state index in [2.05, 4.69) is 0 Å². The van der Waals surface area contributed by atoms with Gasteiger partial charge in [-0.25, -0.2) is 0 Å². The molecular weight excluding hydrogens is 354 g/mol. The third kappa shape index (κ3) is 4.41. The van der Waals surface area contributed by atoms with E-state index in [1.165, 1.54) is 0 Å². The van der Waals surface area contributed by atoms with Crippen molar-refractivity contribution in [2.75, 3.05) is 11.5 Å². The van der Waals surface area contributed by atoms with Crippen LogP contribution in [-0.2, 0) is 6.54 Å². The number of ether oxygens (including phenoxy) is 1. The van der Waals surface area contributed by atoms with Crippen LogP contribution in [0.15, 0.2) is 66.0 Å². The van der Waals surface area contributed by atoms with Crippen molar-refractivity contribution in [1.82, 2.24) is 0 Å². The normalized spacial score (nSPS) is 10.5. The SMILES string of the molecule is CCOc1ccc(N(Cc2cccs2)C(=O)c2ccc(Cl)cc2)cc1. The van der Waals surface area contributed by atoms with Gasteiger partial charge in [0.2, 0.25) is 0 Å². The summed E-state index contributed by atoms with van der Waals surface area (Å²) in [6.45, 7) is 3.08. The van der Waals surface area contributed by atoms with Crippen LogP contribution in [0.2, 0.25) is 5.02 Å². The van der Waals surface area contributed by atoms with Gasteiger partial charge in [0.15, 0.2) is 0 Å². The summed E-state index contributed by atoms with van der Waals surface area (Å²) in [5, 5.41) is 2.63. The maximum atomic E-state index is 13.0. The van der Waals surface area contributed by atoms with Gasteiger partial charge in [-0.3, -0.25) is 4.79 Å². The zero-order valence-corrected chi connectivity index (χ0v) is 15.4. The monoisotopic (exact) mass is 371 g/mol. The van der Waals surface area contributed by atoms with E-state index in [0.717, 1.165) is 16.3 Å². The average molecular weight is 372 g/mol. The van der Waals surface area contributed by atoms with Crippen LogP contribution in [0.5, 0.6) is 5.75 Å². The Morgan fingerprint density at radius 3 is 2.40 bits per heavy atom. The minimum Gasteiger partial charge on any atom is -0.494 e. The standard InChI is InChI=1S/C20H18ClNO2S/c1-2-24-18-11-9-17(10-12-18)22(14-19-4-3-13-25-19)20(23)15-5-7-16(21)8-6-15/h3-13H,2,14H2,1H3. The number of thiophene rings is 1. The highest BCUT2D eigenvalue weighted by Gasteiger charge is 2.18. The molecule has 0 aliphatic rings. The lowest BCUT2D eigenvalue weighted by molar-refractivity contribution is 0.0985. The Balaban J connectivity index is 1.91. The van der Waals surface area contributed by atoms with Crippen molar-refractivity contribution >= 4 is 34.5 Å². The predicted octanol–water partition coefficient (Wildman–Crippen LogP) is 5.65. The number of benzene rings is 2. The molecule has 0 unspecified atom stereocenters. The summed E-state index contributed by atoms with van der Waals surface area (Å²) in [6.07, 6.45) is 0. The van der Waals surface area contributed by atoms with Crippen molar-refractivity contribution in [2.24, 2.45) is 0 Å². The van der Waals surface area contributed by atoms with E-state index in [-0.39, 0.29) is 5.91 Å². The van der Waals surface area contributed by atoms with Crippen LogP contribution >= 0.6 is 22.9 Å². The van der Waals surface area contributed by atoms with Crippen LogP contribution in [0.3, 0.4) is 0 Å². The molecule has 3 aromatic rings. The largest absolute Gasteiger partial charge is 0.494 e. The van der Waals surface area contributed by atoms with Crippen LogP contribution < -0.4 is 9.64 Å². The Morgan fingerprint density at radius 1 is 1.08 bits per heavy atom. The maximum Gasteiger partial charge on any atom is 0.258 e. The van der Waals surface area contributed by atoms with Gasteiger partial charge >= 0.3 is 0 Å². The highest BCUT2D eigenvalue weighted by molar-refractivity contribution is 7.09. The third-order valence-corrected chi connectivity index (χ3v) is 4.80. The highest BCUT2D eigenvalue weighted by atomic mass is 35.5. The number of carbonyl (C=O) groups excluding carboxylic acids is 1. The van der Waals surface area contributed by atoms with Gasteiger partial charge in [-0.1, -0.05) is 17.7 Å². The highest BCUT2D eigenvalue weighted by Crippen LogP contribution is 2.25. The van der Waals surface area contributed by atoms with Gasteiger partial charge < -0.3 is 9.64 Å². The Bertz CT molecular complexity index is 814. The molecule has 25 heavy (non-hydrogen) atoms. The fraction of sp³-hybridized carbons (Fsp3) is 0.150. The average Bonchev–Trinajstić information content (AvgIpc) is 3.14. The molecule has 0 saturated heterocycles. The molecule has 3 rings (SSSR count). The fourth-order valence-corrected chi connectivity index (χ4v) is 3.29. The lowest BCUT2D eigenvalue weighted by atomic mass is 10.1. The van der Waals surface area contributed by atoms with Gasteiger partial charge in [0.1, 0.15) is 5.75 Å². The molecule has 2 aromatic carbocycles. The number of hydrogen-bond donors (Lipinski definition) is 0. The van der Waals surface area contributed by atoms with Crippen molar-refractivity contribution in [3.05, 3.63) is 81.5 Å². The summed E-state index contributed by atoms with van der Waals surface area (Å²) < 4.78 is 5.49. The molecule has 0 aliphatic carbocycles.